The first-order chi connectivity index (χ1) is 9.58. The highest BCUT2D eigenvalue weighted by Gasteiger charge is 2.21. The molecule has 4 N–H and O–H groups in total. The monoisotopic (exact) mass is 297 g/mol. The highest BCUT2D eigenvalue weighted by Crippen LogP contribution is 2.23. The number of halogens is 1. The van der Waals surface area contributed by atoms with Crippen molar-refractivity contribution < 1.29 is 9.90 Å². The van der Waals surface area contributed by atoms with E-state index in [0.29, 0.717) is 35.3 Å². The van der Waals surface area contributed by atoms with Crippen molar-refractivity contribution >= 4 is 28.9 Å². The second kappa shape index (κ2) is 6.92. The molecule has 1 aromatic rings. The molecule has 1 fully saturated rings. The van der Waals surface area contributed by atoms with E-state index in [9.17, 15) is 4.79 Å². The fourth-order valence-electron chi connectivity index (χ4n) is 2.38. The molecule has 0 aromatic heterocycles. The first kappa shape index (κ1) is 15.1. The van der Waals surface area contributed by atoms with Crippen LogP contribution < -0.4 is 11.1 Å². The van der Waals surface area contributed by atoms with Gasteiger partial charge >= 0.3 is 0 Å². The molecule has 2 rings (SSSR count). The van der Waals surface area contributed by atoms with Crippen LogP contribution in [0.5, 0.6) is 0 Å². The maximum Gasteiger partial charge on any atom is 0.225 e. The smallest absolute Gasteiger partial charge is 0.225 e. The maximum atomic E-state index is 11.9. The highest BCUT2D eigenvalue weighted by atomic mass is 35.5. The lowest BCUT2D eigenvalue weighted by Crippen LogP contribution is -2.26. The van der Waals surface area contributed by atoms with Gasteiger partial charge in [0.2, 0.25) is 5.91 Å². The summed E-state index contributed by atoms with van der Waals surface area (Å²) in [6, 6.07) is 5.01. The highest BCUT2D eigenvalue weighted by molar-refractivity contribution is 6.31. The number of nitrogens with zero attached hydrogens (tertiary/aromatic N) is 1. The number of nitrogens with one attached hydrogen (secondary N) is 1. The molecule has 1 aliphatic rings. The number of carbonyl (C=O) groups excluding carboxylic acids is 1. The van der Waals surface area contributed by atoms with Crippen LogP contribution in [0, 0.1) is 5.92 Å². The van der Waals surface area contributed by atoms with Gasteiger partial charge in [-0.3, -0.25) is 4.79 Å². The third kappa shape index (κ3) is 4.10. The average molecular weight is 298 g/mol. The molecule has 110 valence electrons. The number of benzene rings is 1. The van der Waals surface area contributed by atoms with E-state index in [1.165, 1.54) is 0 Å². The summed E-state index contributed by atoms with van der Waals surface area (Å²) in [6.45, 7) is 2.74. The number of aliphatic hydroxyl groups is 1. The Morgan fingerprint density at radius 3 is 3.00 bits per heavy atom. The van der Waals surface area contributed by atoms with Gasteiger partial charge in [-0.05, 0) is 37.1 Å². The second-order valence-corrected chi connectivity index (χ2v) is 5.60. The lowest BCUT2D eigenvalue weighted by Gasteiger charge is -2.15. The topological polar surface area (TPSA) is 78.6 Å². The van der Waals surface area contributed by atoms with Crippen molar-refractivity contribution in [3.63, 3.8) is 0 Å². The summed E-state index contributed by atoms with van der Waals surface area (Å²) in [5.74, 6) is 0.288. The Bertz CT molecular complexity index is 481. The van der Waals surface area contributed by atoms with Gasteiger partial charge in [-0.1, -0.05) is 11.6 Å². The third-order valence-corrected chi connectivity index (χ3v) is 3.81. The van der Waals surface area contributed by atoms with Gasteiger partial charge in [-0.2, -0.15) is 0 Å². The largest absolute Gasteiger partial charge is 0.397 e. The minimum Gasteiger partial charge on any atom is -0.397 e. The SMILES string of the molecule is Nc1cc(Cl)ccc1NC(=O)CCN1CCC(CO)C1. The van der Waals surface area contributed by atoms with E-state index < -0.39 is 0 Å². The molecule has 0 saturated carbocycles. The van der Waals surface area contributed by atoms with E-state index >= 15 is 0 Å². The van der Waals surface area contributed by atoms with Gasteiger partial charge in [0.15, 0.2) is 0 Å². The number of nitrogens with two attached hydrogens (primary N) is 1. The number of nitrogen functional groups attached to an aromatic ring is 1. The Morgan fingerprint density at radius 1 is 1.55 bits per heavy atom. The van der Waals surface area contributed by atoms with Crippen molar-refractivity contribution in [3.05, 3.63) is 23.2 Å². The minimum atomic E-state index is -0.0635. The number of anilines is 2. The third-order valence-electron chi connectivity index (χ3n) is 3.57. The molecule has 0 radical (unpaired) electrons. The molecule has 1 aliphatic heterocycles. The number of rotatable bonds is 5. The summed E-state index contributed by atoms with van der Waals surface area (Å²) in [7, 11) is 0. The number of hydrogen-bond donors (Lipinski definition) is 3. The molecule has 1 atom stereocenters. The zero-order chi connectivity index (χ0) is 14.5. The van der Waals surface area contributed by atoms with E-state index in [1.807, 2.05) is 0 Å². The number of hydrogen-bond acceptors (Lipinski definition) is 4. The summed E-state index contributed by atoms with van der Waals surface area (Å²) in [5, 5.41) is 12.4. The first-order valence-corrected chi connectivity index (χ1v) is 7.14. The zero-order valence-corrected chi connectivity index (χ0v) is 12.1. The molecule has 1 unspecified atom stereocenters. The Morgan fingerprint density at radius 2 is 2.35 bits per heavy atom. The van der Waals surface area contributed by atoms with Crippen LogP contribution in [0.15, 0.2) is 18.2 Å². The van der Waals surface area contributed by atoms with Crippen molar-refractivity contribution in [2.45, 2.75) is 12.8 Å². The van der Waals surface area contributed by atoms with E-state index in [1.54, 1.807) is 18.2 Å². The molecule has 1 amide bonds. The van der Waals surface area contributed by atoms with Crippen LogP contribution in [-0.2, 0) is 4.79 Å². The Hall–Kier alpha value is -1.30. The zero-order valence-electron chi connectivity index (χ0n) is 11.3. The molecule has 0 spiro atoms. The molecular weight excluding hydrogens is 278 g/mol. The molecule has 1 saturated heterocycles. The lowest BCUT2D eigenvalue weighted by atomic mass is 10.1. The lowest BCUT2D eigenvalue weighted by molar-refractivity contribution is -0.116. The Labute approximate surface area is 123 Å². The molecular formula is C14H20ClN3O2. The molecule has 5 nitrogen and oxygen atoms in total. The van der Waals surface area contributed by atoms with Gasteiger partial charge in [0.05, 0.1) is 11.4 Å². The van der Waals surface area contributed by atoms with Crippen LogP contribution in [0.4, 0.5) is 11.4 Å². The Kier molecular flexibility index (Phi) is 5.23. The molecule has 6 heteroatoms. The van der Waals surface area contributed by atoms with Gasteiger partial charge in [-0.15, -0.1) is 0 Å². The van der Waals surface area contributed by atoms with Gasteiger partial charge in [0.25, 0.3) is 0 Å². The van der Waals surface area contributed by atoms with Crippen molar-refractivity contribution in [1.29, 1.82) is 0 Å². The number of likely N-dealkylation sites (tertiary alicyclic amines) is 1. The molecule has 20 heavy (non-hydrogen) atoms. The summed E-state index contributed by atoms with van der Waals surface area (Å²) in [6.07, 6.45) is 1.42. The van der Waals surface area contributed by atoms with Crippen LogP contribution in [0.2, 0.25) is 5.02 Å². The van der Waals surface area contributed by atoms with E-state index in [4.69, 9.17) is 22.4 Å². The van der Waals surface area contributed by atoms with Crippen LogP contribution in [-0.4, -0.2) is 42.2 Å². The maximum absolute atomic E-state index is 11.9. The van der Waals surface area contributed by atoms with E-state index in [-0.39, 0.29) is 12.5 Å². The standard InChI is InChI=1S/C14H20ClN3O2/c15-11-1-2-13(12(16)7-11)17-14(20)4-6-18-5-3-10(8-18)9-19/h1-2,7,10,19H,3-6,8-9,16H2,(H,17,20). The predicted octanol–water partition coefficient (Wildman–Crippen LogP) is 1.56. The summed E-state index contributed by atoms with van der Waals surface area (Å²) in [4.78, 5) is 14.1. The molecule has 0 aliphatic carbocycles. The number of carbonyl (C=O) groups is 1. The van der Waals surface area contributed by atoms with E-state index in [0.717, 1.165) is 19.5 Å². The van der Waals surface area contributed by atoms with Crippen molar-refractivity contribution in [3.8, 4) is 0 Å². The van der Waals surface area contributed by atoms with Crippen molar-refractivity contribution in [2.24, 2.45) is 5.92 Å². The van der Waals surface area contributed by atoms with Crippen molar-refractivity contribution in [2.75, 3.05) is 37.3 Å². The van der Waals surface area contributed by atoms with Gasteiger partial charge in [0, 0.05) is 31.1 Å². The fraction of sp³-hybridized carbons (Fsp3) is 0.500. The van der Waals surface area contributed by atoms with Crippen LogP contribution in [0.25, 0.3) is 0 Å². The Balaban J connectivity index is 1.78. The molecule has 0 bridgehead atoms. The van der Waals surface area contributed by atoms with Gasteiger partial charge in [0.1, 0.15) is 0 Å². The number of amides is 1. The van der Waals surface area contributed by atoms with Crippen LogP contribution in [0.3, 0.4) is 0 Å². The normalized spacial score (nSPS) is 19.2. The molecule has 1 aromatic carbocycles. The van der Waals surface area contributed by atoms with Crippen molar-refractivity contribution in [1.82, 2.24) is 4.90 Å². The first-order valence-electron chi connectivity index (χ1n) is 6.76. The fourth-order valence-corrected chi connectivity index (χ4v) is 2.57. The minimum absolute atomic E-state index is 0.0635. The molecule has 1 heterocycles. The van der Waals surface area contributed by atoms with Gasteiger partial charge in [-0.25, -0.2) is 0 Å². The number of aliphatic hydroxyl groups excluding tert-OH is 1. The van der Waals surface area contributed by atoms with Gasteiger partial charge < -0.3 is 21.1 Å². The summed E-state index contributed by atoms with van der Waals surface area (Å²) < 4.78 is 0. The summed E-state index contributed by atoms with van der Waals surface area (Å²) >= 11 is 5.81. The quantitative estimate of drug-likeness (QED) is 0.721. The van der Waals surface area contributed by atoms with Crippen LogP contribution >= 0.6 is 11.6 Å². The average Bonchev–Trinajstić information content (AvgIpc) is 2.88. The summed E-state index contributed by atoms with van der Waals surface area (Å²) in [5.41, 5.74) is 6.84. The second-order valence-electron chi connectivity index (χ2n) is 5.17. The predicted molar refractivity (Wildman–Crippen MR) is 80.7 cm³/mol. The van der Waals surface area contributed by atoms with E-state index in [2.05, 4.69) is 10.2 Å². The van der Waals surface area contributed by atoms with Crippen LogP contribution in [0.1, 0.15) is 12.8 Å².